The highest BCUT2D eigenvalue weighted by Gasteiger charge is 2.11. The topological polar surface area (TPSA) is 66.0 Å². The molecule has 2 N–H and O–H groups in total. The summed E-state index contributed by atoms with van der Waals surface area (Å²) in [5.74, 6) is 1.28. The summed E-state index contributed by atoms with van der Waals surface area (Å²) in [6, 6.07) is 5.76. The standard InChI is InChI=1S/C13H14N4OS/c1-8-6-15-12(19-8)7-17-11-4-3-9(18-2)5-10(11)16-13(17)14/h3-6H,7H2,1-2H3,(H2,14,16). The van der Waals surface area contributed by atoms with Crippen LogP contribution in [0.25, 0.3) is 11.0 Å². The lowest BCUT2D eigenvalue weighted by Gasteiger charge is -2.04. The number of thiazole rings is 1. The van der Waals surface area contributed by atoms with Gasteiger partial charge in [0, 0.05) is 17.1 Å². The molecule has 19 heavy (non-hydrogen) atoms. The van der Waals surface area contributed by atoms with E-state index in [4.69, 9.17) is 10.5 Å². The maximum Gasteiger partial charge on any atom is 0.201 e. The molecule has 0 amide bonds. The molecule has 3 rings (SSSR count). The predicted molar refractivity (Wildman–Crippen MR) is 76.7 cm³/mol. The Morgan fingerprint density at radius 1 is 1.42 bits per heavy atom. The van der Waals surface area contributed by atoms with Crippen molar-refractivity contribution in [2.24, 2.45) is 0 Å². The van der Waals surface area contributed by atoms with Gasteiger partial charge in [-0.3, -0.25) is 0 Å². The Morgan fingerprint density at radius 2 is 2.26 bits per heavy atom. The van der Waals surface area contributed by atoms with Crippen molar-refractivity contribution in [3.63, 3.8) is 0 Å². The Bertz CT molecular complexity index is 731. The number of benzene rings is 1. The van der Waals surface area contributed by atoms with Crippen LogP contribution in [-0.4, -0.2) is 21.6 Å². The second-order valence-corrected chi connectivity index (χ2v) is 5.59. The summed E-state index contributed by atoms with van der Waals surface area (Å²) in [5.41, 5.74) is 7.82. The van der Waals surface area contributed by atoms with Crippen molar-refractivity contribution in [1.29, 1.82) is 0 Å². The SMILES string of the molecule is COc1ccc2c(c1)nc(N)n2Cc1ncc(C)s1. The average Bonchev–Trinajstić information content (AvgIpc) is 2.94. The predicted octanol–water partition coefficient (Wildman–Crippen LogP) is 2.44. The van der Waals surface area contributed by atoms with Crippen LogP contribution in [0.1, 0.15) is 9.88 Å². The third-order valence-electron chi connectivity index (χ3n) is 2.95. The number of methoxy groups -OCH3 is 1. The summed E-state index contributed by atoms with van der Waals surface area (Å²) in [7, 11) is 1.64. The monoisotopic (exact) mass is 274 g/mol. The molecule has 0 aliphatic carbocycles. The third kappa shape index (κ3) is 2.15. The maximum atomic E-state index is 5.99. The first kappa shape index (κ1) is 12.0. The zero-order chi connectivity index (χ0) is 13.4. The van der Waals surface area contributed by atoms with Gasteiger partial charge < -0.3 is 15.0 Å². The van der Waals surface area contributed by atoms with E-state index < -0.39 is 0 Å². The number of fused-ring (bicyclic) bond motifs is 1. The van der Waals surface area contributed by atoms with Gasteiger partial charge in [-0.25, -0.2) is 9.97 Å². The van der Waals surface area contributed by atoms with Gasteiger partial charge in [-0.1, -0.05) is 0 Å². The number of ether oxygens (including phenoxy) is 1. The van der Waals surface area contributed by atoms with Crippen molar-refractivity contribution < 1.29 is 4.74 Å². The molecule has 0 aliphatic rings. The number of nitrogens with zero attached hydrogens (tertiary/aromatic N) is 3. The Morgan fingerprint density at radius 3 is 2.95 bits per heavy atom. The largest absolute Gasteiger partial charge is 0.497 e. The van der Waals surface area contributed by atoms with E-state index in [1.807, 2.05) is 35.9 Å². The van der Waals surface area contributed by atoms with Crippen LogP contribution in [0.2, 0.25) is 0 Å². The van der Waals surface area contributed by atoms with Crippen molar-refractivity contribution >= 4 is 28.3 Å². The summed E-state index contributed by atoms with van der Waals surface area (Å²) in [4.78, 5) is 9.92. The van der Waals surface area contributed by atoms with Crippen molar-refractivity contribution in [3.8, 4) is 5.75 Å². The molecule has 3 aromatic rings. The van der Waals surface area contributed by atoms with E-state index in [0.717, 1.165) is 21.8 Å². The summed E-state index contributed by atoms with van der Waals surface area (Å²) in [5, 5.41) is 1.03. The van der Waals surface area contributed by atoms with Crippen molar-refractivity contribution in [1.82, 2.24) is 14.5 Å². The molecule has 0 saturated heterocycles. The molecule has 98 valence electrons. The second kappa shape index (κ2) is 4.55. The molecule has 0 unspecified atom stereocenters. The molecule has 0 atom stereocenters. The van der Waals surface area contributed by atoms with Crippen LogP contribution < -0.4 is 10.5 Å². The van der Waals surface area contributed by atoms with Crippen LogP contribution in [0.4, 0.5) is 5.95 Å². The van der Waals surface area contributed by atoms with E-state index in [0.29, 0.717) is 12.5 Å². The molecule has 2 aromatic heterocycles. The molecule has 0 radical (unpaired) electrons. The van der Waals surface area contributed by atoms with E-state index >= 15 is 0 Å². The highest BCUT2D eigenvalue weighted by Crippen LogP contribution is 2.24. The van der Waals surface area contributed by atoms with E-state index in [1.165, 1.54) is 4.88 Å². The Hall–Kier alpha value is -2.08. The quantitative estimate of drug-likeness (QED) is 0.796. The number of imidazole rings is 1. The van der Waals surface area contributed by atoms with Gasteiger partial charge in [-0.15, -0.1) is 11.3 Å². The number of nitrogens with two attached hydrogens (primary N) is 1. The van der Waals surface area contributed by atoms with Gasteiger partial charge in [0.1, 0.15) is 10.8 Å². The lowest BCUT2D eigenvalue weighted by Crippen LogP contribution is -2.04. The van der Waals surface area contributed by atoms with Crippen LogP contribution in [0.5, 0.6) is 5.75 Å². The lowest BCUT2D eigenvalue weighted by molar-refractivity contribution is 0.415. The van der Waals surface area contributed by atoms with E-state index in [9.17, 15) is 0 Å². The smallest absolute Gasteiger partial charge is 0.201 e. The van der Waals surface area contributed by atoms with Crippen LogP contribution >= 0.6 is 11.3 Å². The van der Waals surface area contributed by atoms with Crippen molar-refractivity contribution in [2.45, 2.75) is 13.5 Å². The van der Waals surface area contributed by atoms with Gasteiger partial charge in [-0.05, 0) is 19.1 Å². The van der Waals surface area contributed by atoms with Crippen LogP contribution in [0.15, 0.2) is 24.4 Å². The Balaban J connectivity index is 2.05. The maximum absolute atomic E-state index is 5.99. The number of aromatic nitrogens is 3. The first-order chi connectivity index (χ1) is 9.17. The Labute approximate surface area is 114 Å². The first-order valence-corrected chi connectivity index (χ1v) is 6.70. The fourth-order valence-electron chi connectivity index (χ4n) is 2.03. The second-order valence-electron chi connectivity index (χ2n) is 4.28. The molecule has 6 heteroatoms. The van der Waals surface area contributed by atoms with Gasteiger partial charge in [-0.2, -0.15) is 0 Å². The van der Waals surface area contributed by atoms with Gasteiger partial charge in [0.15, 0.2) is 0 Å². The van der Waals surface area contributed by atoms with Gasteiger partial charge >= 0.3 is 0 Å². The first-order valence-electron chi connectivity index (χ1n) is 5.88. The molecule has 0 aliphatic heterocycles. The molecular formula is C13H14N4OS. The number of nitrogen functional groups attached to an aromatic ring is 1. The van der Waals surface area contributed by atoms with Crippen molar-refractivity contribution in [3.05, 3.63) is 34.3 Å². The van der Waals surface area contributed by atoms with Crippen LogP contribution in [0.3, 0.4) is 0 Å². The van der Waals surface area contributed by atoms with Gasteiger partial charge in [0.05, 0.1) is 24.7 Å². The molecule has 0 bridgehead atoms. The minimum atomic E-state index is 0.496. The lowest BCUT2D eigenvalue weighted by atomic mass is 10.3. The molecular weight excluding hydrogens is 260 g/mol. The number of aryl methyl sites for hydroxylation is 1. The molecule has 0 saturated carbocycles. The Kier molecular flexibility index (Phi) is 2.87. The minimum Gasteiger partial charge on any atom is -0.497 e. The fraction of sp³-hybridized carbons (Fsp3) is 0.231. The number of rotatable bonds is 3. The molecule has 2 heterocycles. The van der Waals surface area contributed by atoms with E-state index in [1.54, 1.807) is 18.4 Å². The van der Waals surface area contributed by atoms with Gasteiger partial charge in [0.25, 0.3) is 0 Å². The number of anilines is 1. The molecule has 0 spiro atoms. The number of hydrogen-bond acceptors (Lipinski definition) is 5. The average molecular weight is 274 g/mol. The molecule has 0 fully saturated rings. The normalized spacial score (nSPS) is 11.1. The highest BCUT2D eigenvalue weighted by atomic mass is 32.1. The molecule has 1 aromatic carbocycles. The highest BCUT2D eigenvalue weighted by molar-refractivity contribution is 7.11. The van der Waals surface area contributed by atoms with Crippen LogP contribution in [0, 0.1) is 6.92 Å². The molecule has 5 nitrogen and oxygen atoms in total. The zero-order valence-corrected chi connectivity index (χ0v) is 11.6. The van der Waals surface area contributed by atoms with E-state index in [-0.39, 0.29) is 0 Å². The third-order valence-corrected chi connectivity index (χ3v) is 3.84. The van der Waals surface area contributed by atoms with E-state index in [2.05, 4.69) is 9.97 Å². The zero-order valence-electron chi connectivity index (χ0n) is 10.8. The number of hydrogen-bond donors (Lipinski definition) is 1. The summed E-state index contributed by atoms with van der Waals surface area (Å²) in [6.07, 6.45) is 1.87. The summed E-state index contributed by atoms with van der Waals surface area (Å²) >= 11 is 1.67. The fourth-order valence-corrected chi connectivity index (χ4v) is 2.81. The summed E-state index contributed by atoms with van der Waals surface area (Å²) in [6.45, 7) is 2.69. The van der Waals surface area contributed by atoms with Crippen molar-refractivity contribution in [2.75, 3.05) is 12.8 Å². The van der Waals surface area contributed by atoms with Crippen LogP contribution in [-0.2, 0) is 6.54 Å². The van der Waals surface area contributed by atoms with Gasteiger partial charge in [0.2, 0.25) is 5.95 Å². The minimum absolute atomic E-state index is 0.496. The summed E-state index contributed by atoms with van der Waals surface area (Å²) < 4.78 is 7.16.